The summed E-state index contributed by atoms with van der Waals surface area (Å²) in [5, 5.41) is 209. The Morgan fingerprint density at radius 1 is 0.505 bits per heavy atom. The standard InChI is InChI=1S/C64H102O33/c1-23-34(70)40(76)49(95-53-45(81)41(77)47(24(2)89-53)93-52-46(82)48(94-51-42(78)35(71)28(69)20-86-51)31(21-87-52)92-54-43(79)38(74)36(72)29(18-65)90-54)56(88-23)97-58(85)63-13-12-59(3,4)16-26(63)25-8-9-32-60(5)17-27(68)50(96-55-44(80)39(75)37(73)30(19-66)91-55)62(7,57(83)84)33(60)10-11-61(32,6)64(25,22-67)15-14-63/h8,23-24,26-56,65-82H,9-22H2,1-7H3,(H,83,84)/t23-,24+,26+,27+,28+,29-,30-,31-,32-,33-,34+,35+,36+,37-,38+,39+,40+,41+,42-,43-,44-,45-,46-,47+,48+,49-,50+,51+,52+,53+,54+,55+,56+,60-,61-,62+,63+,64+/m1/s1. The number of carboxylic acid groups (broad SMARTS) is 1. The molecule has 0 aromatic carbocycles. The summed E-state index contributed by atoms with van der Waals surface area (Å²) < 4.78 is 71.3. The summed E-state index contributed by atoms with van der Waals surface area (Å²) in [6.45, 7) is 9.40. The monoisotopic (exact) mass is 1400 g/mol. The normalized spacial score (nSPS) is 54.6. The van der Waals surface area contributed by atoms with Crippen LogP contribution in [0.25, 0.3) is 0 Å². The van der Waals surface area contributed by atoms with Gasteiger partial charge in [0.25, 0.3) is 0 Å². The minimum Gasteiger partial charge on any atom is -0.481 e. The van der Waals surface area contributed by atoms with Gasteiger partial charge in [0.15, 0.2) is 37.6 Å². The van der Waals surface area contributed by atoms with Crippen molar-refractivity contribution in [3.05, 3.63) is 11.6 Å². The number of fused-ring (bicyclic) bond motifs is 7. The number of ether oxygens (including phenoxy) is 12. The predicted octanol–water partition coefficient (Wildman–Crippen LogP) is -6.05. The van der Waals surface area contributed by atoms with Crippen LogP contribution < -0.4 is 0 Å². The van der Waals surface area contributed by atoms with Gasteiger partial charge in [0, 0.05) is 5.41 Å². The number of esters is 1. The largest absolute Gasteiger partial charge is 0.481 e. The molecule has 33 heteroatoms. The third-order valence-electron chi connectivity index (χ3n) is 24.8. The quantitative estimate of drug-likeness (QED) is 0.0389. The maximum atomic E-state index is 15.6. The fraction of sp³-hybridized carbons (Fsp3) is 0.938. The van der Waals surface area contributed by atoms with Gasteiger partial charge in [-0.25, -0.2) is 0 Å². The number of carboxylic acids is 1. The highest BCUT2D eigenvalue weighted by atomic mass is 16.8. The molecular formula is C64H102O33. The van der Waals surface area contributed by atoms with Gasteiger partial charge in [-0.15, -0.1) is 0 Å². The number of aliphatic carboxylic acids is 1. The number of allylic oxidation sites excluding steroid dienone is 1. The summed E-state index contributed by atoms with van der Waals surface area (Å²) >= 11 is 0. The zero-order valence-corrected chi connectivity index (χ0v) is 55.2. The third kappa shape index (κ3) is 12.7. The van der Waals surface area contributed by atoms with Gasteiger partial charge < -0.3 is 154 Å². The van der Waals surface area contributed by atoms with Gasteiger partial charge in [-0.2, -0.15) is 0 Å². The first-order valence-electron chi connectivity index (χ1n) is 33.8. The van der Waals surface area contributed by atoms with Crippen molar-refractivity contribution in [2.75, 3.05) is 33.0 Å². The molecule has 38 atom stereocenters. The first-order chi connectivity index (χ1) is 45.5. The molecule has 11 rings (SSSR count). The Morgan fingerprint density at radius 3 is 1.66 bits per heavy atom. The van der Waals surface area contributed by atoms with Crippen LogP contribution in [0.4, 0.5) is 0 Å². The van der Waals surface area contributed by atoms with Crippen LogP contribution in [-0.2, 0) is 66.4 Å². The van der Waals surface area contributed by atoms with E-state index in [2.05, 4.69) is 26.8 Å². The molecule has 11 aliphatic rings. The highest BCUT2D eigenvalue weighted by Crippen LogP contribution is 2.76. The molecule has 0 radical (unpaired) electrons. The second-order valence-corrected chi connectivity index (χ2v) is 30.8. The maximum absolute atomic E-state index is 15.6. The van der Waals surface area contributed by atoms with Crippen molar-refractivity contribution < 1.29 is 163 Å². The Bertz CT molecular complexity index is 2780. The summed E-state index contributed by atoms with van der Waals surface area (Å²) in [5.41, 5.74) is -5.37. The highest BCUT2D eigenvalue weighted by Gasteiger charge is 2.74. The molecule has 6 aliphatic heterocycles. The van der Waals surface area contributed by atoms with E-state index >= 15 is 4.79 Å². The lowest BCUT2D eigenvalue weighted by Gasteiger charge is -2.71. The van der Waals surface area contributed by atoms with Crippen molar-refractivity contribution in [1.29, 1.82) is 0 Å². The first-order valence-corrected chi connectivity index (χ1v) is 33.8. The topological polar surface area (TPSA) is 529 Å². The zero-order valence-electron chi connectivity index (χ0n) is 55.2. The molecule has 33 nitrogen and oxygen atoms in total. The minimum atomic E-state index is -2.08. The molecule has 97 heavy (non-hydrogen) atoms. The van der Waals surface area contributed by atoms with Gasteiger partial charge in [0.05, 0.1) is 62.2 Å². The zero-order chi connectivity index (χ0) is 70.9. The molecule has 0 bridgehead atoms. The molecule has 10 fully saturated rings. The van der Waals surface area contributed by atoms with E-state index in [-0.39, 0.29) is 43.6 Å². The average molecular weight is 1400 g/mol. The molecule has 6 heterocycles. The van der Waals surface area contributed by atoms with E-state index in [1.165, 1.54) is 20.8 Å². The van der Waals surface area contributed by atoms with Crippen molar-refractivity contribution in [3.8, 4) is 0 Å². The predicted molar refractivity (Wildman–Crippen MR) is 318 cm³/mol. The summed E-state index contributed by atoms with van der Waals surface area (Å²) in [4.78, 5) is 29.5. The summed E-state index contributed by atoms with van der Waals surface area (Å²) in [6.07, 6.45) is -46.8. The van der Waals surface area contributed by atoms with Crippen LogP contribution in [-0.4, -0.2) is 326 Å². The Kier molecular flexibility index (Phi) is 22.0. The molecular weight excluding hydrogens is 1300 g/mol. The van der Waals surface area contributed by atoms with Crippen LogP contribution in [0.5, 0.6) is 0 Å². The molecule has 0 spiro atoms. The van der Waals surface area contributed by atoms with E-state index in [1.807, 2.05) is 6.92 Å². The van der Waals surface area contributed by atoms with Gasteiger partial charge in [-0.05, 0) is 113 Å². The number of hydrogen-bond donors (Lipinski definition) is 19. The van der Waals surface area contributed by atoms with Gasteiger partial charge in [0.2, 0.25) is 6.29 Å². The van der Waals surface area contributed by atoms with Gasteiger partial charge in [-0.1, -0.05) is 39.3 Å². The molecule has 0 amide bonds. The maximum Gasteiger partial charge on any atom is 0.315 e. The highest BCUT2D eigenvalue weighted by molar-refractivity contribution is 5.79. The van der Waals surface area contributed by atoms with E-state index in [0.29, 0.717) is 32.1 Å². The minimum absolute atomic E-state index is 0.0123. The first kappa shape index (κ1) is 75.7. The molecule has 0 aromatic heterocycles. The van der Waals surface area contributed by atoms with E-state index in [4.69, 9.17) is 56.8 Å². The molecule has 0 unspecified atom stereocenters. The number of rotatable bonds is 16. The molecule has 19 N–H and O–H groups in total. The summed E-state index contributed by atoms with van der Waals surface area (Å²) in [5.74, 6) is -3.66. The second kappa shape index (κ2) is 28.2. The van der Waals surface area contributed by atoms with Gasteiger partial charge in [0.1, 0.15) is 122 Å². The third-order valence-corrected chi connectivity index (χ3v) is 24.8. The number of hydrogen-bond acceptors (Lipinski definition) is 32. The molecule has 5 aliphatic carbocycles. The fourth-order valence-corrected chi connectivity index (χ4v) is 19.0. The lowest BCUT2D eigenvalue weighted by molar-refractivity contribution is -0.388. The molecule has 6 saturated heterocycles. The van der Waals surface area contributed by atoms with Crippen LogP contribution in [0.2, 0.25) is 0 Å². The molecule has 556 valence electrons. The van der Waals surface area contributed by atoms with Crippen molar-refractivity contribution in [2.24, 2.45) is 50.2 Å². The van der Waals surface area contributed by atoms with Crippen molar-refractivity contribution in [1.82, 2.24) is 0 Å². The summed E-state index contributed by atoms with van der Waals surface area (Å²) in [7, 11) is 0. The van der Waals surface area contributed by atoms with E-state index in [0.717, 1.165) is 5.57 Å². The molecule has 4 saturated carbocycles. The van der Waals surface area contributed by atoms with Crippen LogP contribution in [0.3, 0.4) is 0 Å². The number of carbonyl (C=O) groups is 2. The van der Waals surface area contributed by atoms with E-state index in [1.54, 1.807) is 0 Å². The summed E-state index contributed by atoms with van der Waals surface area (Å²) in [6, 6.07) is 0. The van der Waals surface area contributed by atoms with Gasteiger partial charge >= 0.3 is 11.9 Å². The number of aliphatic hydroxyl groups is 18. The van der Waals surface area contributed by atoms with Crippen molar-refractivity contribution in [2.45, 2.75) is 290 Å². The number of aliphatic hydroxyl groups excluding tert-OH is 18. The Labute approximate surface area is 559 Å². The van der Waals surface area contributed by atoms with Crippen LogP contribution in [0.1, 0.15) is 106 Å². The Hall–Kier alpha value is -2.48. The lowest BCUT2D eigenvalue weighted by atomic mass is 9.33. The molecule has 0 aromatic rings. The van der Waals surface area contributed by atoms with Crippen molar-refractivity contribution in [3.63, 3.8) is 0 Å². The van der Waals surface area contributed by atoms with Crippen LogP contribution in [0, 0.1) is 50.2 Å². The lowest BCUT2D eigenvalue weighted by Crippen LogP contribution is -2.71. The Morgan fingerprint density at radius 2 is 1.04 bits per heavy atom. The Balaban J connectivity index is 0.808. The SMILES string of the molecule is C[C@@H]1O[C@@H](O[C@H]2[C@H](OC(=O)[C@]34CCC(C)(C)C[C@H]3C3=CC[C@@H]5[C@@]6(C)C[C@H](O)[C@H](O[C@@H]7O[C@H](CO)[C@@H](O)[C@H](O)[C@H]7O)[C@@](C)(C(=O)O)[C@@H]6CC[C@@]5(C)[C@]3(CO)CC4)O[C@H](C)[C@H](O)[C@@H]2O)[C@H](O)[C@H](O)[C@H]1O[C@@H]1OC[C@@H](O[C@@H]2O[C@H](CO)[C@H](O)[C@H](O)[C@H]2O)[C@H](O[C@@H]2OC[C@H](O)[C@H](O)[C@H]2O)[C@H]1O. The smallest absolute Gasteiger partial charge is 0.315 e. The van der Waals surface area contributed by atoms with E-state index in [9.17, 15) is 102 Å². The van der Waals surface area contributed by atoms with Crippen LogP contribution >= 0.6 is 0 Å². The van der Waals surface area contributed by atoms with Crippen molar-refractivity contribution >= 4 is 11.9 Å². The average Bonchev–Trinajstić information content (AvgIpc) is 0.669. The van der Waals surface area contributed by atoms with Crippen LogP contribution in [0.15, 0.2) is 11.6 Å². The van der Waals surface area contributed by atoms with E-state index < -0.39 is 262 Å². The second-order valence-electron chi connectivity index (χ2n) is 30.8. The van der Waals surface area contributed by atoms with Gasteiger partial charge in [-0.3, -0.25) is 9.59 Å². The number of carbonyl (C=O) groups excluding carboxylic acids is 1. The fourth-order valence-electron chi connectivity index (χ4n) is 19.0.